The minimum atomic E-state index is -0.945. The van der Waals surface area contributed by atoms with Gasteiger partial charge in [-0.3, -0.25) is 14.4 Å². The van der Waals surface area contributed by atoms with E-state index in [9.17, 15) is 14.4 Å². The average molecular weight is 270 g/mol. The Bertz CT molecular complexity index is 387. The van der Waals surface area contributed by atoms with Crippen LogP contribution in [0.25, 0.3) is 0 Å². The maximum atomic E-state index is 12.1. The van der Waals surface area contributed by atoms with Crippen LogP contribution in [-0.4, -0.2) is 47.4 Å². The largest absolute Gasteiger partial charge is 0.481 e. The van der Waals surface area contributed by atoms with Crippen LogP contribution in [0.4, 0.5) is 0 Å². The van der Waals surface area contributed by atoms with Crippen molar-refractivity contribution < 1.29 is 19.5 Å². The van der Waals surface area contributed by atoms with Crippen molar-refractivity contribution >= 4 is 17.8 Å². The summed E-state index contributed by atoms with van der Waals surface area (Å²) in [4.78, 5) is 35.9. The minimum absolute atomic E-state index is 0.0503. The van der Waals surface area contributed by atoms with Crippen molar-refractivity contribution in [3.05, 3.63) is 0 Å². The van der Waals surface area contributed by atoms with Crippen molar-refractivity contribution in [2.45, 2.75) is 39.7 Å². The van der Waals surface area contributed by atoms with Gasteiger partial charge in [-0.1, -0.05) is 20.8 Å². The van der Waals surface area contributed by atoms with Crippen LogP contribution in [0.2, 0.25) is 0 Å². The maximum absolute atomic E-state index is 12.1. The molecule has 2 N–H and O–H groups in total. The van der Waals surface area contributed by atoms with Crippen molar-refractivity contribution in [1.82, 2.24) is 10.2 Å². The predicted molar refractivity (Wildman–Crippen MR) is 69.4 cm³/mol. The number of hydrogen-bond donors (Lipinski definition) is 2. The number of nitrogens with one attached hydrogen (secondary N) is 1. The number of rotatable bonds is 4. The van der Waals surface area contributed by atoms with Crippen molar-refractivity contribution in [2.24, 2.45) is 11.3 Å². The number of likely N-dealkylation sites (tertiary alicyclic amines) is 1. The van der Waals surface area contributed by atoms with Crippen LogP contribution in [-0.2, 0) is 14.4 Å². The number of amides is 2. The predicted octanol–water partition coefficient (Wildman–Crippen LogP) is 0.470. The molecule has 2 unspecified atom stereocenters. The first-order valence-electron chi connectivity index (χ1n) is 6.37. The molecule has 1 saturated heterocycles. The lowest BCUT2D eigenvalue weighted by Gasteiger charge is -2.31. The molecule has 0 aromatic heterocycles. The van der Waals surface area contributed by atoms with Gasteiger partial charge in [-0.15, -0.1) is 0 Å². The number of carbonyl (C=O) groups excluding carboxylic acids is 2. The third-order valence-corrected chi connectivity index (χ3v) is 3.45. The highest BCUT2D eigenvalue weighted by Gasteiger charge is 2.35. The van der Waals surface area contributed by atoms with Gasteiger partial charge in [0.2, 0.25) is 11.8 Å². The van der Waals surface area contributed by atoms with Crippen LogP contribution >= 0.6 is 0 Å². The van der Waals surface area contributed by atoms with Gasteiger partial charge in [0, 0.05) is 26.1 Å². The molecule has 0 radical (unpaired) electrons. The second kappa shape index (κ2) is 5.59. The van der Waals surface area contributed by atoms with E-state index in [1.807, 2.05) is 20.8 Å². The van der Waals surface area contributed by atoms with E-state index in [4.69, 9.17) is 5.11 Å². The Morgan fingerprint density at radius 2 is 2.05 bits per heavy atom. The molecule has 0 aromatic rings. The standard InChI is InChI=1S/C13H22N2O4/c1-13(2,3)9(6-11(17)18)14-12(19)8-5-10(16)15(4)7-8/h8-9H,5-7H2,1-4H3,(H,14,19)(H,17,18). The topological polar surface area (TPSA) is 86.7 Å². The van der Waals surface area contributed by atoms with Gasteiger partial charge in [0.1, 0.15) is 0 Å². The molecular weight excluding hydrogens is 248 g/mol. The van der Waals surface area contributed by atoms with Crippen LogP contribution in [0, 0.1) is 11.3 Å². The molecule has 6 nitrogen and oxygen atoms in total. The SMILES string of the molecule is CN1CC(C(=O)NC(CC(=O)O)C(C)(C)C)CC1=O. The third-order valence-electron chi connectivity index (χ3n) is 3.45. The first kappa shape index (κ1) is 15.5. The van der Waals surface area contributed by atoms with E-state index in [-0.39, 0.29) is 36.0 Å². The molecule has 1 aliphatic rings. The zero-order valence-electron chi connectivity index (χ0n) is 11.9. The van der Waals surface area contributed by atoms with E-state index in [2.05, 4.69) is 5.32 Å². The molecule has 0 saturated carbocycles. The highest BCUT2D eigenvalue weighted by atomic mass is 16.4. The summed E-state index contributed by atoms with van der Waals surface area (Å²) >= 11 is 0. The number of hydrogen-bond acceptors (Lipinski definition) is 3. The Morgan fingerprint density at radius 1 is 1.47 bits per heavy atom. The normalized spacial score (nSPS) is 21.4. The molecule has 2 amide bonds. The Morgan fingerprint density at radius 3 is 2.42 bits per heavy atom. The number of carbonyl (C=O) groups is 3. The first-order valence-corrected chi connectivity index (χ1v) is 6.37. The van der Waals surface area contributed by atoms with E-state index >= 15 is 0 Å². The summed E-state index contributed by atoms with van der Waals surface area (Å²) < 4.78 is 0. The highest BCUT2D eigenvalue weighted by Crippen LogP contribution is 2.23. The van der Waals surface area contributed by atoms with Gasteiger partial charge in [-0.05, 0) is 5.41 Å². The summed E-state index contributed by atoms with van der Waals surface area (Å²) in [7, 11) is 1.66. The Kier molecular flexibility index (Phi) is 4.55. The van der Waals surface area contributed by atoms with Crippen molar-refractivity contribution in [1.29, 1.82) is 0 Å². The third kappa shape index (κ3) is 4.22. The highest BCUT2D eigenvalue weighted by molar-refractivity contribution is 5.89. The molecule has 2 atom stereocenters. The molecule has 108 valence electrons. The number of nitrogens with zero attached hydrogens (tertiary/aromatic N) is 1. The summed E-state index contributed by atoms with van der Waals surface area (Å²) in [5, 5.41) is 11.7. The van der Waals surface area contributed by atoms with E-state index in [1.54, 1.807) is 7.05 Å². The average Bonchev–Trinajstić information content (AvgIpc) is 2.56. The Hall–Kier alpha value is -1.59. The van der Waals surface area contributed by atoms with Gasteiger partial charge in [0.25, 0.3) is 0 Å². The molecule has 1 rings (SSSR count). The van der Waals surface area contributed by atoms with Gasteiger partial charge in [-0.2, -0.15) is 0 Å². The van der Waals surface area contributed by atoms with Gasteiger partial charge in [-0.25, -0.2) is 0 Å². The van der Waals surface area contributed by atoms with E-state index < -0.39 is 12.0 Å². The Labute approximate surface area is 113 Å². The van der Waals surface area contributed by atoms with E-state index in [0.717, 1.165) is 0 Å². The van der Waals surface area contributed by atoms with Crippen LogP contribution in [0.5, 0.6) is 0 Å². The lowest BCUT2D eigenvalue weighted by molar-refractivity contribution is -0.139. The lowest BCUT2D eigenvalue weighted by atomic mass is 9.84. The molecular formula is C13H22N2O4. The lowest BCUT2D eigenvalue weighted by Crippen LogP contribution is -2.47. The second-order valence-corrected chi connectivity index (χ2v) is 6.20. The van der Waals surface area contributed by atoms with Gasteiger partial charge in [0.15, 0.2) is 0 Å². The molecule has 0 bridgehead atoms. The molecule has 6 heteroatoms. The Balaban J connectivity index is 2.67. The van der Waals surface area contributed by atoms with Crippen molar-refractivity contribution in [2.75, 3.05) is 13.6 Å². The fourth-order valence-electron chi connectivity index (χ4n) is 2.08. The fraction of sp³-hybridized carbons (Fsp3) is 0.769. The summed E-state index contributed by atoms with van der Waals surface area (Å²) in [6, 6.07) is -0.446. The van der Waals surface area contributed by atoms with Gasteiger partial charge >= 0.3 is 5.97 Å². The summed E-state index contributed by atoms with van der Waals surface area (Å²) in [5.41, 5.74) is -0.345. The van der Waals surface area contributed by atoms with E-state index in [1.165, 1.54) is 4.90 Å². The second-order valence-electron chi connectivity index (χ2n) is 6.20. The zero-order valence-corrected chi connectivity index (χ0v) is 11.9. The quantitative estimate of drug-likeness (QED) is 0.777. The number of aliphatic carboxylic acids is 1. The molecule has 1 heterocycles. The molecule has 1 aliphatic heterocycles. The van der Waals surface area contributed by atoms with Gasteiger partial charge in [0.05, 0.1) is 12.3 Å². The summed E-state index contributed by atoms with van der Waals surface area (Å²) in [6.07, 6.45) is 0.0814. The number of carboxylic acid groups (broad SMARTS) is 1. The molecule has 0 aromatic carbocycles. The van der Waals surface area contributed by atoms with Crippen molar-refractivity contribution in [3.8, 4) is 0 Å². The minimum Gasteiger partial charge on any atom is -0.481 e. The van der Waals surface area contributed by atoms with Gasteiger partial charge < -0.3 is 15.3 Å². The zero-order chi connectivity index (χ0) is 14.8. The molecule has 19 heavy (non-hydrogen) atoms. The first-order chi connectivity index (χ1) is 8.61. The smallest absolute Gasteiger partial charge is 0.305 e. The number of carboxylic acids is 1. The summed E-state index contributed by atoms with van der Waals surface area (Å²) in [5.74, 6) is -1.61. The molecule has 0 spiro atoms. The van der Waals surface area contributed by atoms with Crippen molar-refractivity contribution in [3.63, 3.8) is 0 Å². The molecule has 0 aliphatic carbocycles. The molecule has 1 fully saturated rings. The van der Waals surface area contributed by atoms with Crippen LogP contribution in [0.15, 0.2) is 0 Å². The fourth-order valence-corrected chi connectivity index (χ4v) is 2.08. The van der Waals surface area contributed by atoms with E-state index in [0.29, 0.717) is 6.54 Å². The summed E-state index contributed by atoms with van der Waals surface area (Å²) in [6.45, 7) is 6.04. The monoisotopic (exact) mass is 270 g/mol. The van der Waals surface area contributed by atoms with Crippen LogP contribution in [0.1, 0.15) is 33.6 Å². The van der Waals surface area contributed by atoms with Crippen LogP contribution in [0.3, 0.4) is 0 Å². The maximum Gasteiger partial charge on any atom is 0.305 e. The van der Waals surface area contributed by atoms with Crippen LogP contribution < -0.4 is 5.32 Å².